The minimum Gasteiger partial charge on any atom is -0.491 e. The molecule has 0 aliphatic rings. The zero-order valence-electron chi connectivity index (χ0n) is 12.4. The van der Waals surface area contributed by atoms with E-state index in [2.05, 4.69) is 0 Å². The lowest BCUT2D eigenvalue weighted by atomic mass is 9.98. The van der Waals surface area contributed by atoms with Crippen LogP contribution in [0.5, 0.6) is 5.75 Å². The van der Waals surface area contributed by atoms with Crippen LogP contribution in [0.2, 0.25) is 0 Å². The number of Topliss-reactive ketones (excluding diaryl/α,β-unsaturated/α-hetero) is 1. The fraction of sp³-hybridized carbons (Fsp3) is 0.562. The third-order valence-electron chi connectivity index (χ3n) is 3.22. The summed E-state index contributed by atoms with van der Waals surface area (Å²) in [5.74, 6) is -1.81. The minimum atomic E-state index is -3.04. The largest absolute Gasteiger partial charge is 0.491 e. The third-order valence-corrected chi connectivity index (χ3v) is 3.22. The van der Waals surface area contributed by atoms with E-state index in [9.17, 15) is 18.0 Å². The van der Waals surface area contributed by atoms with Crippen LogP contribution in [0, 0.1) is 5.82 Å². The van der Waals surface area contributed by atoms with Crippen molar-refractivity contribution in [1.29, 1.82) is 0 Å². The van der Waals surface area contributed by atoms with Crippen molar-refractivity contribution in [1.82, 2.24) is 0 Å². The van der Waals surface area contributed by atoms with Gasteiger partial charge in [0.15, 0.2) is 17.3 Å². The molecule has 1 aromatic rings. The average Bonchev–Trinajstić information content (AvgIpc) is 2.45. The number of carbonyl (C=O) groups excluding carboxylic acids is 1. The summed E-state index contributed by atoms with van der Waals surface area (Å²) in [6.45, 7) is 3.84. The lowest BCUT2D eigenvalue weighted by Crippen LogP contribution is -2.08. The van der Waals surface area contributed by atoms with Crippen molar-refractivity contribution in [2.45, 2.75) is 52.4 Å². The molecule has 0 unspecified atom stereocenters. The highest BCUT2D eigenvalue weighted by Crippen LogP contribution is 2.32. The van der Waals surface area contributed by atoms with E-state index in [1.54, 1.807) is 6.92 Å². The van der Waals surface area contributed by atoms with E-state index in [4.69, 9.17) is 4.74 Å². The lowest BCUT2D eigenvalue weighted by molar-refractivity contribution is 0.0961. The summed E-state index contributed by atoms with van der Waals surface area (Å²) < 4.78 is 45.1. The number of carbonyl (C=O) groups is 1. The first-order chi connectivity index (χ1) is 10.0. The Balaban J connectivity index is 2.95. The van der Waals surface area contributed by atoms with Gasteiger partial charge in [0.1, 0.15) is 0 Å². The second-order valence-corrected chi connectivity index (χ2v) is 4.81. The standard InChI is InChI=1S/C16H21F3O2/c1-3-5-6-7-8-12(20)11-9-10-13(21-4-2)15(17)14(11)16(18)19/h9-10,16H,3-8H2,1-2H3. The smallest absolute Gasteiger partial charge is 0.267 e. The normalized spacial score (nSPS) is 11.0. The molecule has 0 aliphatic carbocycles. The molecule has 0 amide bonds. The molecule has 0 radical (unpaired) electrons. The van der Waals surface area contributed by atoms with Gasteiger partial charge in [-0.2, -0.15) is 0 Å². The van der Waals surface area contributed by atoms with Gasteiger partial charge in [0.2, 0.25) is 0 Å². The molecule has 118 valence electrons. The molecule has 0 spiro atoms. The van der Waals surface area contributed by atoms with Gasteiger partial charge >= 0.3 is 0 Å². The fourth-order valence-electron chi connectivity index (χ4n) is 2.14. The Kier molecular flexibility index (Phi) is 7.26. The van der Waals surface area contributed by atoms with E-state index in [0.29, 0.717) is 6.42 Å². The number of alkyl halides is 2. The zero-order chi connectivity index (χ0) is 15.8. The number of rotatable bonds is 9. The van der Waals surface area contributed by atoms with Gasteiger partial charge in [0.05, 0.1) is 12.2 Å². The monoisotopic (exact) mass is 302 g/mol. The molecule has 0 fully saturated rings. The Labute approximate surface area is 123 Å². The molecule has 0 aromatic heterocycles. The Bertz CT molecular complexity index is 473. The van der Waals surface area contributed by atoms with E-state index >= 15 is 0 Å². The predicted molar refractivity (Wildman–Crippen MR) is 75.6 cm³/mol. The first kappa shape index (κ1) is 17.5. The summed E-state index contributed by atoms with van der Waals surface area (Å²) in [6, 6.07) is 2.47. The highest BCUT2D eigenvalue weighted by atomic mass is 19.3. The van der Waals surface area contributed by atoms with Crippen molar-refractivity contribution in [2.75, 3.05) is 6.61 Å². The van der Waals surface area contributed by atoms with Crippen LogP contribution in [0.4, 0.5) is 13.2 Å². The molecular weight excluding hydrogens is 281 g/mol. The number of ketones is 1. The van der Waals surface area contributed by atoms with Crippen LogP contribution < -0.4 is 4.74 Å². The van der Waals surface area contributed by atoms with Gasteiger partial charge in [-0.25, -0.2) is 13.2 Å². The molecule has 0 N–H and O–H groups in total. The summed E-state index contributed by atoms with van der Waals surface area (Å²) in [4.78, 5) is 12.0. The molecule has 0 atom stereocenters. The average molecular weight is 302 g/mol. The Hall–Kier alpha value is -1.52. The summed E-state index contributed by atoms with van der Waals surface area (Å²) in [6.07, 6.45) is 0.629. The second-order valence-electron chi connectivity index (χ2n) is 4.81. The SMILES string of the molecule is CCCCCCC(=O)c1ccc(OCC)c(F)c1C(F)F. The molecule has 2 nitrogen and oxygen atoms in total. The molecule has 0 bridgehead atoms. The first-order valence-electron chi connectivity index (χ1n) is 7.29. The van der Waals surface area contributed by atoms with Crippen LogP contribution in [0.3, 0.4) is 0 Å². The zero-order valence-corrected chi connectivity index (χ0v) is 12.4. The lowest BCUT2D eigenvalue weighted by Gasteiger charge is -2.13. The summed E-state index contributed by atoms with van der Waals surface area (Å²) in [5, 5.41) is 0. The summed E-state index contributed by atoms with van der Waals surface area (Å²) >= 11 is 0. The number of unbranched alkanes of at least 4 members (excludes halogenated alkanes) is 3. The van der Waals surface area contributed by atoms with Crippen molar-refractivity contribution in [3.8, 4) is 5.75 Å². The topological polar surface area (TPSA) is 26.3 Å². The van der Waals surface area contributed by atoms with Crippen molar-refractivity contribution in [3.63, 3.8) is 0 Å². The maximum atomic E-state index is 14.0. The number of ether oxygens (including phenoxy) is 1. The Morgan fingerprint density at radius 2 is 1.90 bits per heavy atom. The van der Waals surface area contributed by atoms with Gasteiger partial charge in [-0.3, -0.25) is 4.79 Å². The number of benzene rings is 1. The van der Waals surface area contributed by atoms with Gasteiger partial charge < -0.3 is 4.74 Å². The highest BCUT2D eigenvalue weighted by molar-refractivity contribution is 5.97. The maximum Gasteiger partial charge on any atom is 0.267 e. The molecule has 1 aromatic carbocycles. The number of halogens is 3. The Morgan fingerprint density at radius 3 is 2.48 bits per heavy atom. The molecular formula is C16H21F3O2. The van der Waals surface area contributed by atoms with E-state index in [1.165, 1.54) is 12.1 Å². The molecule has 0 saturated heterocycles. The molecule has 5 heteroatoms. The Morgan fingerprint density at radius 1 is 1.19 bits per heavy atom. The summed E-state index contributed by atoms with van der Waals surface area (Å²) in [7, 11) is 0. The third kappa shape index (κ3) is 4.76. The quantitative estimate of drug-likeness (QED) is 0.456. The number of hydrogen-bond donors (Lipinski definition) is 0. The van der Waals surface area contributed by atoms with Gasteiger partial charge in [0.25, 0.3) is 6.43 Å². The first-order valence-corrected chi connectivity index (χ1v) is 7.29. The van der Waals surface area contributed by atoms with Crippen molar-refractivity contribution >= 4 is 5.78 Å². The van der Waals surface area contributed by atoms with Gasteiger partial charge in [-0.05, 0) is 25.5 Å². The molecule has 21 heavy (non-hydrogen) atoms. The van der Waals surface area contributed by atoms with E-state index < -0.39 is 23.6 Å². The van der Waals surface area contributed by atoms with Crippen LogP contribution in [0.15, 0.2) is 12.1 Å². The highest BCUT2D eigenvalue weighted by Gasteiger charge is 2.25. The van der Waals surface area contributed by atoms with Gasteiger partial charge in [0, 0.05) is 12.0 Å². The van der Waals surface area contributed by atoms with E-state index in [0.717, 1.165) is 19.3 Å². The fourth-order valence-corrected chi connectivity index (χ4v) is 2.14. The van der Waals surface area contributed by atoms with Crippen LogP contribution in [-0.4, -0.2) is 12.4 Å². The van der Waals surface area contributed by atoms with Crippen LogP contribution >= 0.6 is 0 Å². The van der Waals surface area contributed by atoms with E-state index in [-0.39, 0.29) is 24.3 Å². The molecule has 1 rings (SSSR count). The van der Waals surface area contributed by atoms with Crippen LogP contribution in [0.25, 0.3) is 0 Å². The maximum absolute atomic E-state index is 14.0. The number of hydrogen-bond acceptors (Lipinski definition) is 2. The van der Waals surface area contributed by atoms with Crippen molar-refractivity contribution < 1.29 is 22.7 Å². The van der Waals surface area contributed by atoms with Gasteiger partial charge in [-0.1, -0.05) is 26.2 Å². The summed E-state index contributed by atoms with van der Waals surface area (Å²) in [5.41, 5.74) is -1.08. The van der Waals surface area contributed by atoms with Crippen molar-refractivity contribution in [3.05, 3.63) is 29.1 Å². The van der Waals surface area contributed by atoms with Crippen LogP contribution in [0.1, 0.15) is 68.3 Å². The predicted octanol–water partition coefficient (Wildman–Crippen LogP) is 5.32. The molecule has 0 heterocycles. The minimum absolute atomic E-state index is 0.160. The second kappa shape index (κ2) is 8.70. The van der Waals surface area contributed by atoms with E-state index in [1.807, 2.05) is 6.92 Å². The van der Waals surface area contributed by atoms with Crippen molar-refractivity contribution in [2.24, 2.45) is 0 Å². The van der Waals surface area contributed by atoms with Crippen LogP contribution in [-0.2, 0) is 0 Å². The molecule has 0 aliphatic heterocycles. The van der Waals surface area contributed by atoms with Gasteiger partial charge in [-0.15, -0.1) is 0 Å². The molecule has 0 saturated carbocycles.